The third-order valence-electron chi connectivity index (χ3n) is 4.76. The van der Waals surface area contributed by atoms with Gasteiger partial charge in [-0.05, 0) is 44.8 Å². The van der Waals surface area contributed by atoms with Crippen LogP contribution in [0.5, 0.6) is 0 Å². The van der Waals surface area contributed by atoms with Crippen molar-refractivity contribution in [2.24, 2.45) is 11.8 Å². The van der Waals surface area contributed by atoms with E-state index in [1.165, 1.54) is 7.11 Å². The lowest BCUT2D eigenvalue weighted by Crippen LogP contribution is -2.32. The van der Waals surface area contributed by atoms with Crippen molar-refractivity contribution in [2.75, 3.05) is 26.7 Å². The largest absolute Gasteiger partial charge is 0.463 e. The fourth-order valence-electron chi connectivity index (χ4n) is 3.59. The van der Waals surface area contributed by atoms with E-state index in [0.717, 1.165) is 49.3 Å². The number of aryl methyl sites for hydroxylation is 1. The Morgan fingerprint density at radius 1 is 1.55 bits per heavy atom. The van der Waals surface area contributed by atoms with E-state index in [2.05, 4.69) is 17.1 Å². The molecule has 3 unspecified atom stereocenters. The molecule has 20 heavy (non-hydrogen) atoms. The molecule has 2 fully saturated rings. The molecular weight excluding hydrogens is 256 g/mol. The quantitative estimate of drug-likeness (QED) is 0.847. The molecule has 0 radical (unpaired) electrons. The van der Waals surface area contributed by atoms with Crippen LogP contribution in [0.2, 0.25) is 0 Å². The Bertz CT molecular complexity index is 511. The van der Waals surface area contributed by atoms with E-state index in [9.17, 15) is 4.79 Å². The molecule has 2 aliphatic heterocycles. The van der Waals surface area contributed by atoms with E-state index >= 15 is 0 Å². The third-order valence-corrected chi connectivity index (χ3v) is 4.76. The number of likely N-dealkylation sites (tertiary alicyclic amines) is 1. The van der Waals surface area contributed by atoms with Crippen molar-refractivity contribution in [2.45, 2.75) is 26.4 Å². The Hall–Kier alpha value is -1.33. The molecule has 3 heterocycles. The van der Waals surface area contributed by atoms with Crippen molar-refractivity contribution in [3.63, 3.8) is 0 Å². The molecule has 2 aliphatic rings. The molecule has 0 spiro atoms. The van der Waals surface area contributed by atoms with E-state index in [1.807, 2.05) is 13.0 Å². The van der Waals surface area contributed by atoms with Crippen molar-refractivity contribution >= 4 is 5.97 Å². The first-order valence-corrected chi connectivity index (χ1v) is 7.22. The van der Waals surface area contributed by atoms with Crippen LogP contribution >= 0.6 is 0 Å². The van der Waals surface area contributed by atoms with Gasteiger partial charge in [-0.3, -0.25) is 4.90 Å². The summed E-state index contributed by atoms with van der Waals surface area (Å²) in [6.45, 7) is 8.28. The number of carbonyl (C=O) groups is 1. The second kappa shape index (κ2) is 5.22. The van der Waals surface area contributed by atoms with Gasteiger partial charge in [-0.15, -0.1) is 0 Å². The lowest BCUT2D eigenvalue weighted by molar-refractivity contribution is 0.0559. The van der Waals surface area contributed by atoms with Crippen LogP contribution in [0.25, 0.3) is 0 Å². The summed E-state index contributed by atoms with van der Waals surface area (Å²) >= 11 is 0. The zero-order valence-corrected chi connectivity index (χ0v) is 12.3. The molecule has 0 saturated carbocycles. The van der Waals surface area contributed by atoms with Crippen LogP contribution in [-0.2, 0) is 11.3 Å². The summed E-state index contributed by atoms with van der Waals surface area (Å²) in [5.41, 5.74) is 0.848. The number of hydrogen-bond acceptors (Lipinski definition) is 5. The Morgan fingerprint density at radius 3 is 3.05 bits per heavy atom. The highest BCUT2D eigenvalue weighted by Crippen LogP contribution is 2.33. The Labute approximate surface area is 119 Å². The molecule has 0 aliphatic carbocycles. The van der Waals surface area contributed by atoms with Gasteiger partial charge >= 0.3 is 5.97 Å². The van der Waals surface area contributed by atoms with Crippen molar-refractivity contribution < 1.29 is 13.9 Å². The summed E-state index contributed by atoms with van der Waals surface area (Å²) in [5, 5.41) is 3.46. The minimum Gasteiger partial charge on any atom is -0.463 e. The molecule has 3 atom stereocenters. The molecule has 3 rings (SSSR count). The number of nitrogens with zero attached hydrogens (tertiary/aromatic N) is 1. The molecule has 0 amide bonds. The van der Waals surface area contributed by atoms with Crippen molar-refractivity contribution in [3.05, 3.63) is 23.2 Å². The van der Waals surface area contributed by atoms with Gasteiger partial charge in [-0.1, -0.05) is 0 Å². The van der Waals surface area contributed by atoms with E-state index in [-0.39, 0.29) is 0 Å². The van der Waals surface area contributed by atoms with Gasteiger partial charge in [0, 0.05) is 18.2 Å². The summed E-state index contributed by atoms with van der Waals surface area (Å²) < 4.78 is 10.4. The predicted molar refractivity (Wildman–Crippen MR) is 74.5 cm³/mol. The van der Waals surface area contributed by atoms with Gasteiger partial charge in [0.05, 0.1) is 13.7 Å². The van der Waals surface area contributed by atoms with Gasteiger partial charge < -0.3 is 14.5 Å². The van der Waals surface area contributed by atoms with Gasteiger partial charge in [-0.2, -0.15) is 0 Å². The van der Waals surface area contributed by atoms with E-state index < -0.39 is 5.97 Å². The number of furan rings is 1. The molecule has 1 aromatic heterocycles. The smallest absolute Gasteiger partial charge is 0.374 e. The number of fused-ring (bicyclic) bond motifs is 1. The van der Waals surface area contributed by atoms with Gasteiger partial charge in [0.15, 0.2) is 0 Å². The maximum absolute atomic E-state index is 11.6. The molecule has 5 nitrogen and oxygen atoms in total. The summed E-state index contributed by atoms with van der Waals surface area (Å²) in [4.78, 5) is 14.0. The second-order valence-corrected chi connectivity index (χ2v) is 5.97. The molecule has 110 valence electrons. The number of ether oxygens (including phenoxy) is 1. The fraction of sp³-hybridized carbons (Fsp3) is 0.667. The minimum absolute atomic E-state index is 0.330. The number of nitrogens with one attached hydrogen (secondary N) is 1. The molecule has 1 aromatic rings. The molecule has 1 N–H and O–H groups in total. The average Bonchev–Trinajstić information content (AvgIpc) is 3.09. The number of hydrogen-bond donors (Lipinski definition) is 1. The highest BCUT2D eigenvalue weighted by molar-refractivity contribution is 5.87. The number of esters is 1. The van der Waals surface area contributed by atoms with Gasteiger partial charge in [0.2, 0.25) is 5.76 Å². The van der Waals surface area contributed by atoms with Crippen LogP contribution in [0.1, 0.15) is 28.8 Å². The Kier molecular flexibility index (Phi) is 3.56. The Balaban J connectivity index is 1.71. The third kappa shape index (κ3) is 2.25. The van der Waals surface area contributed by atoms with Crippen LogP contribution in [0, 0.1) is 18.8 Å². The summed E-state index contributed by atoms with van der Waals surface area (Å²) in [6, 6.07) is 2.51. The minimum atomic E-state index is -0.399. The molecule has 0 aromatic carbocycles. The lowest BCUT2D eigenvalue weighted by Gasteiger charge is -2.23. The first-order chi connectivity index (χ1) is 9.60. The fourth-order valence-corrected chi connectivity index (χ4v) is 3.59. The predicted octanol–water partition coefficient (Wildman–Crippen LogP) is 1.41. The maximum Gasteiger partial charge on any atom is 0.374 e. The summed E-state index contributed by atoms with van der Waals surface area (Å²) in [5.74, 6) is 2.27. The first kappa shape index (κ1) is 13.6. The van der Waals surface area contributed by atoms with Gasteiger partial charge in [-0.25, -0.2) is 4.79 Å². The van der Waals surface area contributed by atoms with Crippen LogP contribution in [0.4, 0.5) is 0 Å². The van der Waals surface area contributed by atoms with Crippen LogP contribution in [0.15, 0.2) is 10.5 Å². The second-order valence-electron chi connectivity index (χ2n) is 5.97. The van der Waals surface area contributed by atoms with E-state index in [0.29, 0.717) is 11.8 Å². The first-order valence-electron chi connectivity index (χ1n) is 7.22. The van der Waals surface area contributed by atoms with Crippen molar-refractivity contribution in [1.82, 2.24) is 10.2 Å². The standard InChI is InChI=1S/C15H22N2O3/c1-9-4-12(20-14(9)15(18)19-3)8-17-7-11-5-16-6-13(11)10(17)2/h4,10-11,13,16H,5-8H2,1-3H3. The Morgan fingerprint density at radius 2 is 2.35 bits per heavy atom. The summed E-state index contributed by atoms with van der Waals surface area (Å²) in [7, 11) is 1.38. The molecule has 0 bridgehead atoms. The lowest BCUT2D eigenvalue weighted by atomic mass is 9.95. The number of methoxy groups -OCH3 is 1. The normalized spacial score (nSPS) is 29.6. The zero-order chi connectivity index (χ0) is 14.3. The van der Waals surface area contributed by atoms with E-state index in [1.54, 1.807) is 0 Å². The van der Waals surface area contributed by atoms with Gasteiger partial charge in [0.1, 0.15) is 5.76 Å². The van der Waals surface area contributed by atoms with Crippen molar-refractivity contribution in [1.29, 1.82) is 0 Å². The topological polar surface area (TPSA) is 54.7 Å². The molecule has 2 saturated heterocycles. The molecule has 5 heteroatoms. The SMILES string of the molecule is COC(=O)c1oc(CN2CC3CNCC3C2C)cc1C. The van der Waals surface area contributed by atoms with Crippen molar-refractivity contribution in [3.8, 4) is 0 Å². The van der Waals surface area contributed by atoms with Crippen LogP contribution < -0.4 is 5.32 Å². The van der Waals surface area contributed by atoms with Crippen LogP contribution in [0.3, 0.4) is 0 Å². The van der Waals surface area contributed by atoms with Gasteiger partial charge in [0.25, 0.3) is 0 Å². The van der Waals surface area contributed by atoms with Crippen LogP contribution in [-0.4, -0.2) is 43.7 Å². The molecular formula is C15H22N2O3. The number of carbonyl (C=O) groups excluding carboxylic acids is 1. The van der Waals surface area contributed by atoms with E-state index in [4.69, 9.17) is 9.15 Å². The highest BCUT2D eigenvalue weighted by atomic mass is 16.5. The monoisotopic (exact) mass is 278 g/mol. The summed E-state index contributed by atoms with van der Waals surface area (Å²) in [6.07, 6.45) is 0. The number of rotatable bonds is 3. The average molecular weight is 278 g/mol. The maximum atomic E-state index is 11.6. The zero-order valence-electron chi connectivity index (χ0n) is 12.3. The highest BCUT2D eigenvalue weighted by Gasteiger charge is 2.41.